The number of benzene rings is 3. The number of esters is 1. The van der Waals surface area contributed by atoms with Gasteiger partial charge in [0, 0.05) is 0 Å². The van der Waals surface area contributed by atoms with Crippen molar-refractivity contribution in [3.63, 3.8) is 0 Å². The Bertz CT molecular complexity index is 1280. The van der Waals surface area contributed by atoms with Gasteiger partial charge >= 0.3 is 12.0 Å². The second kappa shape index (κ2) is 11.0. The van der Waals surface area contributed by atoms with Crippen molar-refractivity contribution >= 4 is 17.7 Å². The van der Waals surface area contributed by atoms with Gasteiger partial charge < -0.3 is 19.5 Å². The highest BCUT2D eigenvalue weighted by Gasteiger charge is 2.40. The van der Waals surface area contributed by atoms with Crippen molar-refractivity contribution in [1.82, 2.24) is 5.32 Å². The second-order valence-corrected chi connectivity index (χ2v) is 7.78. The van der Waals surface area contributed by atoms with Crippen molar-refractivity contribution < 1.29 is 23.8 Å². The molecule has 2 atom stereocenters. The molecule has 0 bridgehead atoms. The number of nitrogens with one attached hydrogen (secondary N) is 1. The van der Waals surface area contributed by atoms with Crippen LogP contribution in [-0.4, -0.2) is 31.4 Å². The fourth-order valence-electron chi connectivity index (χ4n) is 3.84. The van der Waals surface area contributed by atoms with E-state index < -0.39 is 24.0 Å². The summed E-state index contributed by atoms with van der Waals surface area (Å²) in [5.74, 6) is -0.502. The molecule has 2 unspecified atom stereocenters. The van der Waals surface area contributed by atoms with Gasteiger partial charge in [-0.2, -0.15) is 10.3 Å². The molecule has 0 saturated carbocycles. The summed E-state index contributed by atoms with van der Waals surface area (Å²) in [6.45, 7) is -0.137. The molecule has 0 spiro atoms. The Balaban J connectivity index is 1.60. The normalized spacial score (nSPS) is 16.9. The van der Waals surface area contributed by atoms with E-state index in [4.69, 9.17) is 19.5 Å². The fraction of sp³-hybridized carbons (Fsp3) is 0.185. The SMILES string of the molecule is COc1ccccc1OCC1=NC(=O)NC(c2ccccc2)C1C(=O)OCc1cccc(C#N)c1. The van der Waals surface area contributed by atoms with E-state index in [1.807, 2.05) is 36.4 Å². The molecule has 35 heavy (non-hydrogen) atoms. The van der Waals surface area contributed by atoms with Crippen LogP contribution in [0, 0.1) is 17.2 Å². The minimum Gasteiger partial charge on any atom is -0.493 e. The number of para-hydroxylation sites is 2. The van der Waals surface area contributed by atoms with Gasteiger partial charge in [0.1, 0.15) is 19.1 Å². The molecular formula is C27H23N3O5. The molecule has 3 aromatic carbocycles. The highest BCUT2D eigenvalue weighted by molar-refractivity contribution is 6.10. The predicted octanol–water partition coefficient (Wildman–Crippen LogP) is 4.21. The Morgan fingerprint density at radius 1 is 1.00 bits per heavy atom. The van der Waals surface area contributed by atoms with Crippen molar-refractivity contribution in [3.05, 3.63) is 95.6 Å². The highest BCUT2D eigenvalue weighted by Crippen LogP contribution is 2.30. The van der Waals surface area contributed by atoms with Crippen LogP contribution < -0.4 is 14.8 Å². The quantitative estimate of drug-likeness (QED) is 0.495. The summed E-state index contributed by atoms with van der Waals surface area (Å²) >= 11 is 0. The molecule has 0 aromatic heterocycles. The molecule has 0 aliphatic carbocycles. The van der Waals surface area contributed by atoms with E-state index in [1.54, 1.807) is 42.5 Å². The fourth-order valence-corrected chi connectivity index (χ4v) is 3.84. The van der Waals surface area contributed by atoms with Crippen LogP contribution in [0.2, 0.25) is 0 Å². The summed E-state index contributed by atoms with van der Waals surface area (Å²) in [6.07, 6.45) is 0. The summed E-state index contributed by atoms with van der Waals surface area (Å²) in [5.41, 5.74) is 2.12. The highest BCUT2D eigenvalue weighted by atomic mass is 16.5. The molecule has 176 valence electrons. The Morgan fingerprint density at radius 2 is 1.74 bits per heavy atom. The lowest BCUT2D eigenvalue weighted by molar-refractivity contribution is -0.148. The maximum Gasteiger partial charge on any atom is 0.341 e. The lowest BCUT2D eigenvalue weighted by atomic mass is 9.88. The van der Waals surface area contributed by atoms with Crippen LogP contribution in [0.15, 0.2) is 83.9 Å². The average molecular weight is 469 g/mol. The lowest BCUT2D eigenvalue weighted by Gasteiger charge is -2.31. The van der Waals surface area contributed by atoms with E-state index >= 15 is 0 Å². The summed E-state index contributed by atoms with van der Waals surface area (Å²) < 4.78 is 16.8. The largest absolute Gasteiger partial charge is 0.493 e. The number of ether oxygens (including phenoxy) is 3. The second-order valence-electron chi connectivity index (χ2n) is 7.78. The van der Waals surface area contributed by atoms with E-state index in [9.17, 15) is 9.59 Å². The van der Waals surface area contributed by atoms with Gasteiger partial charge in [-0.25, -0.2) is 4.79 Å². The zero-order valence-electron chi connectivity index (χ0n) is 19.0. The molecule has 0 saturated heterocycles. The molecule has 1 aliphatic rings. The van der Waals surface area contributed by atoms with Gasteiger partial charge in [-0.15, -0.1) is 0 Å². The third kappa shape index (κ3) is 5.65. The van der Waals surface area contributed by atoms with Gasteiger partial charge in [0.2, 0.25) is 0 Å². The first-order valence-corrected chi connectivity index (χ1v) is 10.9. The number of hydrogen-bond acceptors (Lipinski definition) is 6. The monoisotopic (exact) mass is 469 g/mol. The van der Waals surface area contributed by atoms with E-state index in [2.05, 4.69) is 16.4 Å². The number of aliphatic imine (C=N–C) groups is 1. The van der Waals surface area contributed by atoms with Crippen LogP contribution in [0.5, 0.6) is 11.5 Å². The number of rotatable bonds is 8. The van der Waals surface area contributed by atoms with Crippen molar-refractivity contribution in [2.45, 2.75) is 12.6 Å². The molecule has 4 rings (SSSR count). The van der Waals surface area contributed by atoms with Crippen LogP contribution in [0.3, 0.4) is 0 Å². The topological polar surface area (TPSA) is 110 Å². The van der Waals surface area contributed by atoms with Gasteiger partial charge in [-0.05, 0) is 35.4 Å². The number of amides is 2. The first kappa shape index (κ1) is 23.5. The number of urea groups is 1. The zero-order valence-corrected chi connectivity index (χ0v) is 19.0. The summed E-state index contributed by atoms with van der Waals surface area (Å²) in [5, 5.41) is 11.9. The minimum absolute atomic E-state index is 0.0268. The molecule has 0 fully saturated rings. The van der Waals surface area contributed by atoms with Crippen molar-refractivity contribution in [3.8, 4) is 17.6 Å². The van der Waals surface area contributed by atoms with Crippen molar-refractivity contribution in [2.75, 3.05) is 13.7 Å². The molecule has 2 amide bonds. The predicted molar refractivity (Wildman–Crippen MR) is 128 cm³/mol. The Labute approximate surface area is 202 Å². The maximum atomic E-state index is 13.4. The molecule has 3 aromatic rings. The third-order valence-electron chi connectivity index (χ3n) is 5.51. The summed E-state index contributed by atoms with van der Waals surface area (Å²) in [7, 11) is 1.53. The number of carbonyl (C=O) groups is 2. The third-order valence-corrected chi connectivity index (χ3v) is 5.51. The summed E-state index contributed by atoms with van der Waals surface area (Å²) in [4.78, 5) is 29.9. The van der Waals surface area contributed by atoms with E-state index in [-0.39, 0.29) is 18.9 Å². The van der Waals surface area contributed by atoms with Crippen molar-refractivity contribution in [2.24, 2.45) is 10.9 Å². The Kier molecular flexibility index (Phi) is 7.38. The average Bonchev–Trinajstić information content (AvgIpc) is 2.91. The molecule has 8 heteroatoms. The molecule has 1 heterocycles. The molecule has 8 nitrogen and oxygen atoms in total. The van der Waals surface area contributed by atoms with Gasteiger partial charge in [-0.3, -0.25) is 4.79 Å². The maximum absolute atomic E-state index is 13.4. The van der Waals surface area contributed by atoms with Gasteiger partial charge in [0.25, 0.3) is 0 Å². The van der Waals surface area contributed by atoms with Gasteiger partial charge in [0.15, 0.2) is 11.5 Å². The number of methoxy groups -OCH3 is 1. The standard InChI is InChI=1S/C27H23N3O5/c1-33-22-12-5-6-13-23(22)34-17-21-24(25(30-27(32)29-21)20-10-3-2-4-11-20)26(31)35-16-19-9-7-8-18(14-19)15-28/h2-14,24-25H,16-17H2,1H3,(H,30,32). The minimum atomic E-state index is -0.913. The molecule has 0 radical (unpaired) electrons. The van der Waals surface area contributed by atoms with Crippen molar-refractivity contribution in [1.29, 1.82) is 5.26 Å². The first-order chi connectivity index (χ1) is 17.1. The van der Waals surface area contributed by atoms with Crippen LogP contribution in [0.4, 0.5) is 4.79 Å². The van der Waals surface area contributed by atoms with Crippen LogP contribution in [0.25, 0.3) is 0 Å². The van der Waals surface area contributed by atoms with Crippen LogP contribution in [-0.2, 0) is 16.1 Å². The van der Waals surface area contributed by atoms with Gasteiger partial charge in [-0.1, -0.05) is 54.6 Å². The number of hydrogen-bond donors (Lipinski definition) is 1. The molecule has 1 N–H and O–H groups in total. The number of nitrogens with zero attached hydrogens (tertiary/aromatic N) is 2. The van der Waals surface area contributed by atoms with Crippen LogP contribution in [0.1, 0.15) is 22.7 Å². The Hall–Kier alpha value is -4.64. The van der Waals surface area contributed by atoms with Crippen LogP contribution >= 0.6 is 0 Å². The molecule has 1 aliphatic heterocycles. The van der Waals surface area contributed by atoms with E-state index in [0.29, 0.717) is 22.6 Å². The lowest BCUT2D eigenvalue weighted by Crippen LogP contribution is -2.46. The smallest absolute Gasteiger partial charge is 0.341 e. The first-order valence-electron chi connectivity index (χ1n) is 10.9. The number of nitriles is 1. The molecular weight excluding hydrogens is 446 g/mol. The zero-order chi connectivity index (χ0) is 24.6. The summed E-state index contributed by atoms with van der Waals surface area (Å²) in [6, 6.07) is 23.9. The number of carbonyl (C=O) groups excluding carboxylic acids is 2. The Morgan fingerprint density at radius 3 is 2.49 bits per heavy atom. The van der Waals surface area contributed by atoms with E-state index in [1.165, 1.54) is 7.11 Å². The van der Waals surface area contributed by atoms with E-state index in [0.717, 1.165) is 5.56 Å². The van der Waals surface area contributed by atoms with Gasteiger partial charge in [0.05, 0.1) is 30.5 Å².